The Balaban J connectivity index is 1.37. The van der Waals surface area contributed by atoms with Gasteiger partial charge in [0.25, 0.3) is 20.2 Å². The molecule has 0 saturated heterocycles. The van der Waals surface area contributed by atoms with E-state index in [4.69, 9.17) is 5.11 Å². The molecule has 14 nitrogen and oxygen atoms in total. The number of carboxylic acids is 1. The number of azo groups is 2. The molecular weight excluding hydrogens is 628 g/mol. The fourth-order valence-corrected chi connectivity index (χ4v) is 5.38. The van der Waals surface area contributed by atoms with Crippen molar-refractivity contribution in [2.75, 3.05) is 0 Å². The zero-order valence-electron chi connectivity index (χ0n) is 22.5. The second kappa shape index (κ2) is 11.9. The van der Waals surface area contributed by atoms with Gasteiger partial charge in [-0.1, -0.05) is 24.3 Å². The van der Waals surface area contributed by atoms with E-state index in [1.165, 1.54) is 18.2 Å². The molecular formula is C29H20N4O10S2. The second-order valence-corrected chi connectivity index (χ2v) is 12.2. The summed E-state index contributed by atoms with van der Waals surface area (Å²) in [6.45, 7) is 0. The summed E-state index contributed by atoms with van der Waals surface area (Å²) in [7, 11) is -9.57. The highest BCUT2D eigenvalue weighted by Gasteiger charge is 2.23. The number of benzene rings is 5. The van der Waals surface area contributed by atoms with Crippen molar-refractivity contribution in [2.24, 2.45) is 20.5 Å². The van der Waals surface area contributed by atoms with Gasteiger partial charge in [-0.05, 0) is 83.2 Å². The molecule has 0 fully saturated rings. The SMILES string of the molecule is O=C(O)c1cc(N=Nc2ccc(-c3ccc(N=Nc4c(S(=O)(=O)O)cc5cc(S(=O)(=O)O)ccc5c4O)cc3)cc2)ccc1O. The minimum absolute atomic E-state index is 0.00448. The largest absolute Gasteiger partial charge is 0.507 e. The Morgan fingerprint density at radius 3 is 1.67 bits per heavy atom. The first-order chi connectivity index (χ1) is 21.2. The molecule has 0 aliphatic carbocycles. The predicted octanol–water partition coefficient (Wildman–Crippen LogP) is 6.94. The first-order valence-corrected chi connectivity index (χ1v) is 15.4. The average molecular weight is 649 g/mol. The van der Waals surface area contributed by atoms with Crippen LogP contribution in [0.2, 0.25) is 0 Å². The van der Waals surface area contributed by atoms with E-state index in [-0.39, 0.29) is 33.5 Å². The summed E-state index contributed by atoms with van der Waals surface area (Å²) in [5.41, 5.74) is 1.67. The van der Waals surface area contributed by atoms with Crippen molar-refractivity contribution in [3.8, 4) is 22.6 Å². The van der Waals surface area contributed by atoms with Crippen molar-refractivity contribution in [3.05, 3.63) is 96.6 Å². The second-order valence-electron chi connectivity index (χ2n) is 9.41. The Labute approximate surface area is 254 Å². The van der Waals surface area contributed by atoms with Crippen LogP contribution in [0.3, 0.4) is 0 Å². The van der Waals surface area contributed by atoms with Crippen molar-refractivity contribution in [3.63, 3.8) is 0 Å². The molecule has 0 bridgehead atoms. The van der Waals surface area contributed by atoms with E-state index >= 15 is 0 Å². The molecule has 0 aromatic heterocycles. The van der Waals surface area contributed by atoms with Crippen LogP contribution in [0.5, 0.6) is 11.5 Å². The predicted molar refractivity (Wildman–Crippen MR) is 161 cm³/mol. The monoisotopic (exact) mass is 648 g/mol. The number of carbonyl (C=O) groups is 1. The lowest BCUT2D eigenvalue weighted by atomic mass is 10.1. The molecule has 45 heavy (non-hydrogen) atoms. The summed E-state index contributed by atoms with van der Waals surface area (Å²) in [4.78, 5) is 9.80. The molecule has 0 heterocycles. The highest BCUT2D eigenvalue weighted by molar-refractivity contribution is 7.86. The summed E-state index contributed by atoms with van der Waals surface area (Å²) in [5.74, 6) is -2.37. The lowest BCUT2D eigenvalue weighted by molar-refractivity contribution is 0.0693. The van der Waals surface area contributed by atoms with Crippen LogP contribution in [-0.4, -0.2) is 47.2 Å². The minimum atomic E-state index is -4.95. The zero-order chi connectivity index (χ0) is 32.5. The minimum Gasteiger partial charge on any atom is -0.507 e. The fraction of sp³-hybridized carbons (Fsp3) is 0. The first kappa shape index (κ1) is 30.9. The number of nitrogens with zero attached hydrogens (tertiary/aromatic N) is 4. The summed E-state index contributed by atoms with van der Waals surface area (Å²) >= 11 is 0. The molecule has 5 aromatic rings. The molecule has 0 saturated carbocycles. The van der Waals surface area contributed by atoms with E-state index < -0.39 is 47.4 Å². The third-order valence-electron chi connectivity index (χ3n) is 6.42. The molecule has 5 N–H and O–H groups in total. The van der Waals surface area contributed by atoms with Crippen LogP contribution in [0.4, 0.5) is 22.7 Å². The number of aromatic carboxylic acids is 1. The Kier molecular flexibility index (Phi) is 8.14. The Morgan fingerprint density at radius 2 is 1.13 bits per heavy atom. The van der Waals surface area contributed by atoms with Crippen molar-refractivity contribution >= 4 is 59.7 Å². The van der Waals surface area contributed by atoms with E-state index in [1.54, 1.807) is 48.5 Å². The van der Waals surface area contributed by atoms with Crippen molar-refractivity contribution in [1.29, 1.82) is 0 Å². The molecule has 0 atom stereocenters. The normalized spacial score (nSPS) is 12.3. The highest BCUT2D eigenvalue weighted by atomic mass is 32.2. The first-order valence-electron chi connectivity index (χ1n) is 12.6. The fourth-order valence-electron chi connectivity index (χ4n) is 4.21. The maximum absolute atomic E-state index is 12.1. The van der Waals surface area contributed by atoms with Gasteiger partial charge in [0.05, 0.1) is 22.0 Å². The number of phenolic OH excluding ortho intramolecular Hbond substituents is 1. The van der Waals surface area contributed by atoms with Crippen LogP contribution >= 0.6 is 0 Å². The molecule has 228 valence electrons. The molecule has 0 aliphatic heterocycles. The van der Waals surface area contributed by atoms with Crippen molar-refractivity contribution in [2.45, 2.75) is 9.79 Å². The van der Waals surface area contributed by atoms with Crippen molar-refractivity contribution < 1.29 is 46.1 Å². The van der Waals surface area contributed by atoms with Crippen LogP contribution in [0.15, 0.2) is 121 Å². The molecule has 0 amide bonds. The van der Waals surface area contributed by atoms with Gasteiger partial charge in [-0.3, -0.25) is 9.11 Å². The van der Waals surface area contributed by atoms with Crippen LogP contribution in [0.1, 0.15) is 10.4 Å². The van der Waals surface area contributed by atoms with Crippen LogP contribution in [0.25, 0.3) is 21.9 Å². The number of carboxylic acid groups (broad SMARTS) is 1. The van der Waals surface area contributed by atoms with Crippen LogP contribution in [-0.2, 0) is 20.2 Å². The number of rotatable bonds is 8. The number of aromatic hydroxyl groups is 2. The molecule has 16 heteroatoms. The standard InChI is InChI=1S/C29H20N4O10S2/c34-25-12-9-21(15-24(25)29(36)37)32-30-19-5-1-16(2-6-19)17-3-7-20(8-4-17)31-33-27-26(45(41,42)43)14-18-13-22(44(38,39)40)10-11-23(18)28(27)35/h1-15,34-35H,(H,36,37)(H,38,39,40)(H,41,42,43). The summed E-state index contributed by atoms with van der Waals surface area (Å²) in [6, 6.07) is 21.3. The number of fused-ring (bicyclic) bond motifs is 1. The number of hydrogen-bond acceptors (Lipinski definition) is 11. The highest BCUT2D eigenvalue weighted by Crippen LogP contribution is 2.42. The van der Waals surface area contributed by atoms with E-state index in [9.17, 15) is 40.9 Å². The van der Waals surface area contributed by atoms with E-state index in [1.807, 2.05) is 0 Å². The summed E-state index contributed by atoms with van der Waals surface area (Å²) in [5, 5.41) is 45.3. The quantitative estimate of drug-likeness (QED) is 0.0857. The van der Waals surface area contributed by atoms with Gasteiger partial charge in [0.15, 0.2) is 5.75 Å². The van der Waals surface area contributed by atoms with E-state index in [0.29, 0.717) is 5.69 Å². The average Bonchev–Trinajstić information content (AvgIpc) is 2.99. The van der Waals surface area contributed by atoms with Gasteiger partial charge in [-0.2, -0.15) is 32.2 Å². The number of hydrogen-bond donors (Lipinski definition) is 5. The summed E-state index contributed by atoms with van der Waals surface area (Å²) < 4.78 is 66.1. The summed E-state index contributed by atoms with van der Waals surface area (Å²) in [6.07, 6.45) is 0. The molecule has 0 spiro atoms. The van der Waals surface area contributed by atoms with Gasteiger partial charge >= 0.3 is 5.97 Å². The maximum atomic E-state index is 12.1. The van der Waals surface area contributed by atoms with Crippen LogP contribution in [0, 0.1) is 0 Å². The molecule has 5 rings (SSSR count). The van der Waals surface area contributed by atoms with Gasteiger partial charge in [0, 0.05) is 5.39 Å². The topological polar surface area (TPSA) is 236 Å². The Hall–Kier alpha value is -5.55. The van der Waals surface area contributed by atoms with Gasteiger partial charge in [-0.25, -0.2) is 4.79 Å². The van der Waals surface area contributed by atoms with Gasteiger partial charge < -0.3 is 15.3 Å². The van der Waals surface area contributed by atoms with Crippen molar-refractivity contribution in [1.82, 2.24) is 0 Å². The van der Waals surface area contributed by atoms with Gasteiger partial charge in [0.1, 0.15) is 21.9 Å². The number of phenols is 2. The van der Waals surface area contributed by atoms with E-state index in [2.05, 4.69) is 20.5 Å². The van der Waals surface area contributed by atoms with E-state index in [0.717, 1.165) is 35.4 Å². The Bertz CT molecular complexity index is 2250. The van der Waals surface area contributed by atoms with Gasteiger partial charge in [0.2, 0.25) is 0 Å². The molecule has 0 radical (unpaired) electrons. The molecule has 0 unspecified atom stereocenters. The third kappa shape index (κ3) is 6.84. The van der Waals surface area contributed by atoms with Gasteiger partial charge in [-0.15, -0.1) is 5.11 Å². The Morgan fingerprint density at radius 1 is 0.600 bits per heavy atom. The lowest BCUT2D eigenvalue weighted by Crippen LogP contribution is -2.00. The maximum Gasteiger partial charge on any atom is 0.339 e. The molecule has 5 aromatic carbocycles. The third-order valence-corrected chi connectivity index (χ3v) is 8.14. The zero-order valence-corrected chi connectivity index (χ0v) is 24.2. The van der Waals surface area contributed by atoms with Crippen LogP contribution < -0.4 is 0 Å². The smallest absolute Gasteiger partial charge is 0.339 e. The lowest BCUT2D eigenvalue weighted by Gasteiger charge is -2.09. The molecule has 0 aliphatic rings.